The van der Waals surface area contributed by atoms with Crippen LogP contribution < -0.4 is 5.32 Å². The second-order valence-electron chi connectivity index (χ2n) is 3.93. The molecule has 0 radical (unpaired) electrons. The van der Waals surface area contributed by atoms with Gasteiger partial charge in [-0.25, -0.2) is 0 Å². The molecule has 0 aliphatic heterocycles. The predicted molar refractivity (Wildman–Crippen MR) is 71.5 cm³/mol. The molecule has 0 heterocycles. The zero-order valence-electron chi connectivity index (χ0n) is 9.86. The number of alkyl halides is 3. The van der Waals surface area contributed by atoms with Gasteiger partial charge < -0.3 is 5.32 Å². The maximum Gasteiger partial charge on any atom is 0.256 e. The summed E-state index contributed by atoms with van der Waals surface area (Å²) in [6.07, 6.45) is 5.76. The standard InChI is InChI=1S/C11H20Cl3NO/c1-3-4-5-6-7-9(12)8-11(13,14)10(16)15-2/h9H,3-8H2,1-2H3,(H,15,16). The molecule has 0 fully saturated rings. The average Bonchev–Trinajstić information content (AvgIpc) is 2.22. The van der Waals surface area contributed by atoms with Gasteiger partial charge in [-0.3, -0.25) is 4.79 Å². The van der Waals surface area contributed by atoms with Gasteiger partial charge in [0.2, 0.25) is 0 Å². The number of amides is 1. The predicted octanol–water partition coefficient (Wildman–Crippen LogP) is 3.87. The summed E-state index contributed by atoms with van der Waals surface area (Å²) in [4.78, 5) is 11.3. The molecular weight excluding hydrogens is 268 g/mol. The highest BCUT2D eigenvalue weighted by Gasteiger charge is 2.34. The van der Waals surface area contributed by atoms with Crippen molar-refractivity contribution >= 4 is 40.7 Å². The Morgan fingerprint density at radius 2 is 1.94 bits per heavy atom. The molecule has 0 aromatic rings. The molecule has 96 valence electrons. The highest BCUT2D eigenvalue weighted by atomic mass is 35.5. The summed E-state index contributed by atoms with van der Waals surface area (Å²) in [5.41, 5.74) is 0. The van der Waals surface area contributed by atoms with Crippen LogP contribution in [0.3, 0.4) is 0 Å². The lowest BCUT2D eigenvalue weighted by molar-refractivity contribution is -0.121. The van der Waals surface area contributed by atoms with Crippen LogP contribution >= 0.6 is 34.8 Å². The fourth-order valence-corrected chi connectivity index (χ4v) is 2.55. The van der Waals surface area contributed by atoms with Crippen LogP contribution in [0.2, 0.25) is 0 Å². The number of unbranched alkanes of at least 4 members (excludes halogenated alkanes) is 3. The molecule has 0 aliphatic rings. The molecular formula is C11H20Cl3NO. The molecule has 0 aromatic carbocycles. The van der Waals surface area contributed by atoms with E-state index in [1.165, 1.54) is 19.9 Å². The largest absolute Gasteiger partial charge is 0.357 e. The quantitative estimate of drug-likeness (QED) is 0.533. The van der Waals surface area contributed by atoms with Crippen LogP contribution in [0.1, 0.15) is 45.4 Å². The van der Waals surface area contributed by atoms with E-state index in [1.54, 1.807) is 0 Å². The van der Waals surface area contributed by atoms with Crippen LogP contribution in [-0.2, 0) is 4.79 Å². The second-order valence-corrected chi connectivity index (χ2v) is 6.04. The van der Waals surface area contributed by atoms with Gasteiger partial charge in [0.15, 0.2) is 4.33 Å². The lowest BCUT2D eigenvalue weighted by Crippen LogP contribution is -2.38. The fraction of sp³-hybridized carbons (Fsp3) is 0.909. The van der Waals surface area contributed by atoms with Crippen molar-refractivity contribution in [3.8, 4) is 0 Å². The molecule has 5 heteroatoms. The van der Waals surface area contributed by atoms with Gasteiger partial charge in [-0.05, 0) is 6.42 Å². The van der Waals surface area contributed by atoms with E-state index in [4.69, 9.17) is 34.8 Å². The third kappa shape index (κ3) is 6.82. The first-order valence-electron chi connectivity index (χ1n) is 5.68. The monoisotopic (exact) mass is 287 g/mol. The highest BCUT2D eigenvalue weighted by molar-refractivity contribution is 6.58. The van der Waals surface area contributed by atoms with Gasteiger partial charge in [0, 0.05) is 18.8 Å². The molecule has 1 atom stereocenters. The average molecular weight is 289 g/mol. The molecule has 0 aliphatic carbocycles. The highest BCUT2D eigenvalue weighted by Crippen LogP contribution is 2.30. The van der Waals surface area contributed by atoms with Gasteiger partial charge >= 0.3 is 0 Å². The second kappa shape index (κ2) is 8.43. The Hall–Kier alpha value is 0.340. The summed E-state index contributed by atoms with van der Waals surface area (Å²) in [5, 5.41) is 2.28. The van der Waals surface area contributed by atoms with E-state index in [9.17, 15) is 4.79 Å². The summed E-state index contributed by atoms with van der Waals surface area (Å²) in [6.45, 7) is 2.16. The summed E-state index contributed by atoms with van der Waals surface area (Å²) in [7, 11) is 1.51. The minimum absolute atomic E-state index is 0.149. The van der Waals surface area contributed by atoms with Crippen LogP contribution in [0.15, 0.2) is 0 Å². The Morgan fingerprint density at radius 3 is 2.44 bits per heavy atom. The molecule has 1 unspecified atom stereocenters. The van der Waals surface area contributed by atoms with Crippen molar-refractivity contribution in [1.29, 1.82) is 0 Å². The Labute approximate surface area is 113 Å². The van der Waals surface area contributed by atoms with Gasteiger partial charge in [-0.2, -0.15) is 0 Å². The number of hydrogen-bond acceptors (Lipinski definition) is 1. The van der Waals surface area contributed by atoms with Gasteiger partial charge in [-0.15, -0.1) is 11.6 Å². The zero-order valence-corrected chi connectivity index (χ0v) is 12.1. The SMILES string of the molecule is CCCCCCC(Cl)CC(Cl)(Cl)C(=O)NC. The molecule has 0 aromatic heterocycles. The smallest absolute Gasteiger partial charge is 0.256 e. The van der Waals surface area contributed by atoms with E-state index in [1.807, 2.05) is 0 Å². The van der Waals surface area contributed by atoms with E-state index >= 15 is 0 Å². The molecule has 16 heavy (non-hydrogen) atoms. The van der Waals surface area contributed by atoms with Crippen molar-refractivity contribution in [2.24, 2.45) is 0 Å². The Morgan fingerprint density at radius 1 is 1.31 bits per heavy atom. The van der Waals surface area contributed by atoms with Crippen LogP contribution in [0.25, 0.3) is 0 Å². The van der Waals surface area contributed by atoms with Crippen molar-refractivity contribution in [3.05, 3.63) is 0 Å². The van der Waals surface area contributed by atoms with Gasteiger partial charge in [0.1, 0.15) is 0 Å². The van der Waals surface area contributed by atoms with Crippen LogP contribution in [0, 0.1) is 0 Å². The normalized spacial score (nSPS) is 13.6. The zero-order chi connectivity index (χ0) is 12.6. The summed E-state index contributed by atoms with van der Waals surface area (Å²) >= 11 is 17.9. The molecule has 0 spiro atoms. The molecule has 2 nitrogen and oxygen atoms in total. The first-order valence-corrected chi connectivity index (χ1v) is 6.87. The lowest BCUT2D eigenvalue weighted by Gasteiger charge is -2.20. The summed E-state index contributed by atoms with van der Waals surface area (Å²) in [5.74, 6) is -0.393. The molecule has 0 bridgehead atoms. The number of nitrogens with one attached hydrogen (secondary N) is 1. The fourth-order valence-electron chi connectivity index (χ4n) is 1.45. The molecule has 0 rings (SSSR count). The molecule has 0 saturated carbocycles. The first-order chi connectivity index (χ1) is 7.44. The van der Waals surface area contributed by atoms with E-state index in [0.717, 1.165) is 19.3 Å². The maximum atomic E-state index is 11.3. The van der Waals surface area contributed by atoms with Crippen molar-refractivity contribution < 1.29 is 4.79 Å². The minimum Gasteiger partial charge on any atom is -0.357 e. The maximum absolute atomic E-state index is 11.3. The number of halogens is 3. The van der Waals surface area contributed by atoms with Crippen LogP contribution in [0.4, 0.5) is 0 Å². The number of carbonyl (C=O) groups is 1. The Bertz CT molecular complexity index is 209. The first kappa shape index (κ1) is 16.3. The summed E-state index contributed by atoms with van der Waals surface area (Å²) < 4.78 is -1.41. The summed E-state index contributed by atoms with van der Waals surface area (Å²) in [6, 6.07) is 0. The van der Waals surface area contributed by atoms with E-state index < -0.39 is 10.2 Å². The third-order valence-electron chi connectivity index (χ3n) is 2.41. The van der Waals surface area contributed by atoms with Gasteiger partial charge in [0.05, 0.1) is 0 Å². The lowest BCUT2D eigenvalue weighted by atomic mass is 10.1. The van der Waals surface area contributed by atoms with Gasteiger partial charge in [-0.1, -0.05) is 55.8 Å². The third-order valence-corrected chi connectivity index (χ3v) is 3.43. The molecule has 0 saturated heterocycles. The van der Waals surface area contributed by atoms with Crippen molar-refractivity contribution in [1.82, 2.24) is 5.32 Å². The molecule has 1 N–H and O–H groups in total. The van der Waals surface area contributed by atoms with E-state index in [0.29, 0.717) is 0 Å². The van der Waals surface area contributed by atoms with Crippen molar-refractivity contribution in [2.75, 3.05) is 7.05 Å². The number of carbonyl (C=O) groups excluding carboxylic acids is 1. The van der Waals surface area contributed by atoms with Crippen molar-refractivity contribution in [2.45, 2.75) is 55.2 Å². The van der Waals surface area contributed by atoms with E-state index in [-0.39, 0.29) is 11.8 Å². The van der Waals surface area contributed by atoms with Gasteiger partial charge in [0.25, 0.3) is 5.91 Å². The Kier molecular flexibility index (Phi) is 8.61. The molecule has 1 amide bonds. The van der Waals surface area contributed by atoms with E-state index in [2.05, 4.69) is 12.2 Å². The number of rotatable bonds is 8. The van der Waals surface area contributed by atoms with Crippen molar-refractivity contribution in [3.63, 3.8) is 0 Å². The van der Waals surface area contributed by atoms with Crippen LogP contribution in [0.5, 0.6) is 0 Å². The Balaban J connectivity index is 3.85. The number of hydrogen-bond donors (Lipinski definition) is 1. The van der Waals surface area contributed by atoms with Crippen LogP contribution in [-0.4, -0.2) is 22.7 Å². The minimum atomic E-state index is -1.41. The topological polar surface area (TPSA) is 29.1 Å².